The normalized spacial score (nSPS) is 27.1. The lowest BCUT2D eigenvalue weighted by molar-refractivity contribution is -0.132. The van der Waals surface area contributed by atoms with Crippen molar-refractivity contribution in [3.8, 4) is 0 Å². The number of carbonyl (C=O) groups excluding carboxylic acids is 1. The number of aryl methyl sites for hydroxylation is 1. The van der Waals surface area contributed by atoms with Gasteiger partial charge >= 0.3 is 0 Å². The highest BCUT2D eigenvalue weighted by molar-refractivity contribution is 5.84. The van der Waals surface area contributed by atoms with Crippen LogP contribution < -0.4 is 5.73 Å². The Kier molecular flexibility index (Phi) is 3.08. The zero-order valence-electron chi connectivity index (χ0n) is 10.6. The second-order valence-electron chi connectivity index (χ2n) is 5.48. The monoisotopic (exact) mass is 244 g/mol. The van der Waals surface area contributed by atoms with Crippen LogP contribution in [0.2, 0.25) is 0 Å². The molecule has 18 heavy (non-hydrogen) atoms. The molecule has 2 aliphatic rings. The molecule has 2 unspecified atom stereocenters. The minimum Gasteiger partial charge on any atom is -0.341 e. The van der Waals surface area contributed by atoms with Crippen LogP contribution in [0.3, 0.4) is 0 Å². The van der Waals surface area contributed by atoms with Crippen molar-refractivity contribution in [2.45, 2.75) is 37.6 Å². The van der Waals surface area contributed by atoms with E-state index < -0.39 is 0 Å². The van der Waals surface area contributed by atoms with E-state index in [0.717, 1.165) is 38.8 Å². The summed E-state index contributed by atoms with van der Waals surface area (Å²) in [5.74, 6) is 0.357. The number of fused-ring (bicyclic) bond motifs is 1. The van der Waals surface area contributed by atoms with Crippen LogP contribution in [0.5, 0.6) is 0 Å². The summed E-state index contributed by atoms with van der Waals surface area (Å²) in [6, 6.07) is 8.56. The third kappa shape index (κ3) is 2.03. The van der Waals surface area contributed by atoms with Gasteiger partial charge < -0.3 is 10.6 Å². The molecule has 0 spiro atoms. The van der Waals surface area contributed by atoms with Gasteiger partial charge in [0.15, 0.2) is 0 Å². The summed E-state index contributed by atoms with van der Waals surface area (Å²) in [5, 5.41) is 0. The largest absolute Gasteiger partial charge is 0.341 e. The number of carbonyl (C=O) groups is 1. The molecular weight excluding hydrogens is 224 g/mol. The van der Waals surface area contributed by atoms with E-state index in [1.165, 1.54) is 11.1 Å². The van der Waals surface area contributed by atoms with Crippen LogP contribution in [0.1, 0.15) is 36.3 Å². The maximum Gasteiger partial charge on any atom is 0.230 e. The molecule has 1 aliphatic carbocycles. The van der Waals surface area contributed by atoms with Crippen LogP contribution in [0.15, 0.2) is 24.3 Å². The van der Waals surface area contributed by atoms with Gasteiger partial charge in [-0.05, 0) is 36.8 Å². The van der Waals surface area contributed by atoms with Crippen molar-refractivity contribution in [3.63, 3.8) is 0 Å². The van der Waals surface area contributed by atoms with E-state index in [0.29, 0.717) is 0 Å². The molecule has 2 atom stereocenters. The van der Waals surface area contributed by atoms with Crippen LogP contribution in [0.4, 0.5) is 0 Å². The zero-order valence-corrected chi connectivity index (χ0v) is 10.6. The second-order valence-corrected chi connectivity index (χ2v) is 5.48. The maximum atomic E-state index is 12.6. The molecule has 1 fully saturated rings. The highest BCUT2D eigenvalue weighted by Crippen LogP contribution is 2.33. The van der Waals surface area contributed by atoms with Crippen molar-refractivity contribution in [1.82, 2.24) is 4.90 Å². The molecule has 1 aromatic carbocycles. The first-order valence-corrected chi connectivity index (χ1v) is 6.88. The molecule has 0 bridgehead atoms. The zero-order chi connectivity index (χ0) is 12.5. The summed E-state index contributed by atoms with van der Waals surface area (Å²) in [5.41, 5.74) is 8.49. The van der Waals surface area contributed by atoms with Crippen molar-refractivity contribution in [2.75, 3.05) is 13.1 Å². The molecule has 3 rings (SSSR count). The van der Waals surface area contributed by atoms with Crippen molar-refractivity contribution >= 4 is 5.91 Å². The fraction of sp³-hybridized carbons (Fsp3) is 0.533. The number of amides is 1. The highest BCUT2D eigenvalue weighted by atomic mass is 16.2. The molecule has 0 aromatic heterocycles. The standard InChI is InChI=1S/C15H20N2O/c16-12-8-9-17(10-12)15(18)14-7-3-5-11-4-1-2-6-13(11)14/h1-2,4,6,12,14H,3,5,7-10,16H2. The summed E-state index contributed by atoms with van der Waals surface area (Å²) in [4.78, 5) is 14.5. The molecule has 3 nitrogen and oxygen atoms in total. The highest BCUT2D eigenvalue weighted by Gasteiger charge is 2.32. The molecule has 1 aliphatic heterocycles. The molecule has 1 heterocycles. The fourth-order valence-electron chi connectivity index (χ4n) is 3.22. The third-order valence-electron chi connectivity index (χ3n) is 4.20. The third-order valence-corrected chi connectivity index (χ3v) is 4.20. The van der Waals surface area contributed by atoms with Crippen LogP contribution in [-0.4, -0.2) is 29.9 Å². The lowest BCUT2D eigenvalue weighted by atomic mass is 9.82. The number of hydrogen-bond acceptors (Lipinski definition) is 2. The van der Waals surface area contributed by atoms with Crippen LogP contribution in [0.25, 0.3) is 0 Å². The number of likely N-dealkylation sites (tertiary alicyclic amines) is 1. The van der Waals surface area contributed by atoms with E-state index in [2.05, 4.69) is 18.2 Å². The molecule has 3 heteroatoms. The Morgan fingerprint density at radius 1 is 1.28 bits per heavy atom. The molecule has 0 saturated carbocycles. The van der Waals surface area contributed by atoms with E-state index in [9.17, 15) is 4.79 Å². The van der Waals surface area contributed by atoms with Gasteiger partial charge in [0.1, 0.15) is 0 Å². The van der Waals surface area contributed by atoms with Crippen molar-refractivity contribution in [1.29, 1.82) is 0 Å². The Morgan fingerprint density at radius 3 is 2.89 bits per heavy atom. The maximum absolute atomic E-state index is 12.6. The van der Waals surface area contributed by atoms with Crippen molar-refractivity contribution < 1.29 is 4.79 Å². The summed E-state index contributed by atoms with van der Waals surface area (Å²) >= 11 is 0. The van der Waals surface area contributed by atoms with Crippen molar-refractivity contribution in [3.05, 3.63) is 35.4 Å². The average Bonchev–Trinajstić information content (AvgIpc) is 2.84. The lowest BCUT2D eigenvalue weighted by Crippen LogP contribution is -2.36. The minimum atomic E-state index is 0.0697. The van der Waals surface area contributed by atoms with Crippen LogP contribution >= 0.6 is 0 Å². The molecule has 2 N–H and O–H groups in total. The second kappa shape index (κ2) is 4.73. The Morgan fingerprint density at radius 2 is 2.11 bits per heavy atom. The number of rotatable bonds is 1. The average molecular weight is 244 g/mol. The van der Waals surface area contributed by atoms with Gasteiger partial charge in [0.2, 0.25) is 5.91 Å². The van der Waals surface area contributed by atoms with Crippen LogP contribution in [-0.2, 0) is 11.2 Å². The van der Waals surface area contributed by atoms with E-state index in [-0.39, 0.29) is 17.9 Å². The van der Waals surface area contributed by atoms with Crippen molar-refractivity contribution in [2.24, 2.45) is 5.73 Å². The summed E-state index contributed by atoms with van der Waals surface area (Å²) in [6.45, 7) is 1.57. The summed E-state index contributed by atoms with van der Waals surface area (Å²) in [7, 11) is 0. The first-order chi connectivity index (χ1) is 8.75. The Bertz CT molecular complexity index is 458. The molecule has 1 aromatic rings. The number of nitrogens with two attached hydrogens (primary N) is 1. The van der Waals surface area contributed by atoms with E-state index in [4.69, 9.17) is 5.73 Å². The lowest BCUT2D eigenvalue weighted by Gasteiger charge is -2.28. The Balaban J connectivity index is 1.83. The van der Waals surface area contributed by atoms with Gasteiger partial charge in [-0.25, -0.2) is 0 Å². The van der Waals surface area contributed by atoms with Gasteiger partial charge in [0, 0.05) is 19.1 Å². The number of nitrogens with zero attached hydrogens (tertiary/aromatic N) is 1. The van der Waals surface area contributed by atoms with Gasteiger partial charge in [-0.3, -0.25) is 4.79 Å². The van der Waals surface area contributed by atoms with Gasteiger partial charge in [0.05, 0.1) is 5.92 Å². The fourth-order valence-corrected chi connectivity index (χ4v) is 3.22. The van der Waals surface area contributed by atoms with E-state index in [1.807, 2.05) is 11.0 Å². The molecular formula is C15H20N2O. The molecule has 1 saturated heterocycles. The SMILES string of the molecule is NC1CCN(C(=O)C2CCCc3ccccc32)C1. The van der Waals surface area contributed by atoms with E-state index in [1.54, 1.807) is 0 Å². The van der Waals surface area contributed by atoms with Gasteiger partial charge in [-0.1, -0.05) is 24.3 Å². The first-order valence-electron chi connectivity index (χ1n) is 6.88. The quantitative estimate of drug-likeness (QED) is 0.816. The van der Waals surface area contributed by atoms with Gasteiger partial charge in [-0.2, -0.15) is 0 Å². The van der Waals surface area contributed by atoms with Crippen LogP contribution in [0, 0.1) is 0 Å². The number of hydrogen-bond donors (Lipinski definition) is 1. The topological polar surface area (TPSA) is 46.3 Å². The Hall–Kier alpha value is -1.35. The predicted octanol–water partition coefficient (Wildman–Crippen LogP) is 1.67. The van der Waals surface area contributed by atoms with Gasteiger partial charge in [-0.15, -0.1) is 0 Å². The minimum absolute atomic E-state index is 0.0697. The first kappa shape index (κ1) is 11.7. The smallest absolute Gasteiger partial charge is 0.230 e. The summed E-state index contributed by atoms with van der Waals surface area (Å²) in [6.07, 6.45) is 4.16. The number of benzene rings is 1. The molecule has 0 radical (unpaired) electrons. The molecule has 96 valence electrons. The molecule has 1 amide bonds. The summed E-state index contributed by atoms with van der Waals surface area (Å²) < 4.78 is 0. The Labute approximate surface area is 108 Å². The predicted molar refractivity (Wildman–Crippen MR) is 71.3 cm³/mol. The van der Waals surface area contributed by atoms with E-state index >= 15 is 0 Å². The van der Waals surface area contributed by atoms with Gasteiger partial charge in [0.25, 0.3) is 0 Å².